The van der Waals surface area contributed by atoms with Crippen molar-refractivity contribution in [3.8, 4) is 5.75 Å². The van der Waals surface area contributed by atoms with E-state index in [2.05, 4.69) is 29.2 Å². The number of carbonyl (C=O) groups is 1. The molecular formula is C34H39FN2O3. The van der Waals surface area contributed by atoms with Crippen molar-refractivity contribution in [2.45, 2.75) is 63.9 Å². The Hall–Kier alpha value is -3.54. The van der Waals surface area contributed by atoms with E-state index >= 15 is 0 Å². The Morgan fingerprint density at radius 1 is 0.975 bits per heavy atom. The summed E-state index contributed by atoms with van der Waals surface area (Å²) >= 11 is 0. The molecule has 6 heteroatoms. The molecule has 3 aromatic carbocycles. The number of benzene rings is 3. The zero-order valence-electron chi connectivity index (χ0n) is 23.7. The van der Waals surface area contributed by atoms with Crippen molar-refractivity contribution >= 4 is 11.8 Å². The lowest BCUT2D eigenvalue weighted by molar-refractivity contribution is -0.0434. The molecule has 2 aliphatic heterocycles. The molecule has 3 aromatic rings. The van der Waals surface area contributed by atoms with Crippen LogP contribution in [0, 0.1) is 11.2 Å². The van der Waals surface area contributed by atoms with E-state index < -0.39 is 5.60 Å². The molecule has 2 saturated heterocycles. The monoisotopic (exact) mass is 542 g/mol. The van der Waals surface area contributed by atoms with Crippen molar-refractivity contribution in [1.82, 2.24) is 4.90 Å². The zero-order chi connectivity index (χ0) is 28.1. The molecule has 1 amide bonds. The Labute approximate surface area is 236 Å². The molecule has 0 saturated carbocycles. The van der Waals surface area contributed by atoms with Gasteiger partial charge in [-0.25, -0.2) is 9.18 Å². The lowest BCUT2D eigenvalue weighted by Gasteiger charge is -2.54. The van der Waals surface area contributed by atoms with Gasteiger partial charge in [-0.2, -0.15) is 0 Å². The van der Waals surface area contributed by atoms with Crippen molar-refractivity contribution in [2.75, 3.05) is 31.1 Å². The van der Waals surface area contributed by atoms with Crippen LogP contribution < -0.4 is 4.90 Å². The molecule has 2 fully saturated rings. The third-order valence-electron chi connectivity index (χ3n) is 9.04. The Morgan fingerprint density at radius 2 is 1.68 bits per heavy atom. The van der Waals surface area contributed by atoms with E-state index in [0.717, 1.165) is 63.0 Å². The van der Waals surface area contributed by atoms with Gasteiger partial charge in [0.1, 0.15) is 17.2 Å². The molecule has 1 spiro atoms. The average Bonchev–Trinajstić information content (AvgIpc) is 2.90. The highest BCUT2D eigenvalue weighted by atomic mass is 19.1. The van der Waals surface area contributed by atoms with Crippen LogP contribution >= 0.6 is 0 Å². The summed E-state index contributed by atoms with van der Waals surface area (Å²) in [5.41, 5.74) is 5.19. The maximum Gasteiger partial charge on any atom is 0.410 e. The van der Waals surface area contributed by atoms with Crippen LogP contribution in [0.1, 0.15) is 74.1 Å². The highest BCUT2D eigenvalue weighted by molar-refractivity contribution is 5.69. The first-order valence-corrected chi connectivity index (χ1v) is 14.5. The fourth-order valence-corrected chi connectivity index (χ4v) is 7.00. The van der Waals surface area contributed by atoms with E-state index in [1.165, 1.54) is 16.8 Å². The fraction of sp³-hybridized carbons (Fsp3) is 0.441. The highest BCUT2D eigenvalue weighted by Crippen LogP contribution is 2.48. The maximum absolute atomic E-state index is 15.0. The number of fused-ring (bicyclic) bond motifs is 1. The van der Waals surface area contributed by atoms with Crippen molar-refractivity contribution in [3.63, 3.8) is 0 Å². The molecule has 0 bridgehead atoms. The number of nitrogens with zero attached hydrogens (tertiary/aromatic N) is 2. The first kappa shape index (κ1) is 26.7. The van der Waals surface area contributed by atoms with Crippen LogP contribution in [-0.2, 0) is 11.2 Å². The van der Waals surface area contributed by atoms with Gasteiger partial charge in [0.05, 0.1) is 0 Å². The molecule has 2 unspecified atom stereocenters. The lowest BCUT2D eigenvalue weighted by Crippen LogP contribution is -2.62. The summed E-state index contributed by atoms with van der Waals surface area (Å²) in [6, 6.07) is 21.6. The number of ether oxygens (including phenoxy) is 1. The van der Waals surface area contributed by atoms with E-state index in [4.69, 9.17) is 4.74 Å². The Morgan fingerprint density at radius 3 is 2.35 bits per heavy atom. The standard InChI is InChI=1S/C34H39FN2O3/c1-33(2,3)40-32(39)37-21-34(22-37)16-18-36(19-17-34)25-11-8-23(9-12-25)31-27-15-13-26(38)20-24(27)10-14-29(31)28-6-4-5-7-30(28)35/h4-9,11-13,15,20,29,31,38H,10,14,16-19,21-22H2,1-3H3. The van der Waals surface area contributed by atoms with E-state index in [9.17, 15) is 14.3 Å². The fourth-order valence-electron chi connectivity index (χ4n) is 7.00. The summed E-state index contributed by atoms with van der Waals surface area (Å²) in [6.45, 7) is 9.20. The third-order valence-corrected chi connectivity index (χ3v) is 9.04. The van der Waals surface area contributed by atoms with Crippen molar-refractivity contribution in [2.24, 2.45) is 5.41 Å². The van der Waals surface area contributed by atoms with Gasteiger partial charge in [-0.05, 0) is 105 Å². The molecule has 1 N–H and O–H groups in total. The number of aryl methyl sites for hydroxylation is 1. The van der Waals surface area contributed by atoms with Gasteiger partial charge in [-0.15, -0.1) is 0 Å². The number of halogens is 1. The minimum absolute atomic E-state index is 0.0220. The molecule has 6 rings (SSSR count). The molecular weight excluding hydrogens is 503 g/mol. The van der Waals surface area contributed by atoms with E-state index in [-0.39, 0.29) is 34.9 Å². The predicted octanol–water partition coefficient (Wildman–Crippen LogP) is 7.23. The normalized spacial score (nSPS) is 22.0. The van der Waals surface area contributed by atoms with Crippen LogP contribution in [0.15, 0.2) is 66.7 Å². The van der Waals surface area contributed by atoms with E-state index in [0.29, 0.717) is 0 Å². The molecule has 210 valence electrons. The Bertz CT molecular complexity index is 1380. The summed E-state index contributed by atoms with van der Waals surface area (Å²) in [6.07, 6.45) is 3.56. The number of phenolic OH excluding ortho intramolecular Hbond substituents is 1. The minimum Gasteiger partial charge on any atom is -0.508 e. The number of phenols is 1. The van der Waals surface area contributed by atoms with Crippen LogP contribution in [0.4, 0.5) is 14.9 Å². The smallest absolute Gasteiger partial charge is 0.410 e. The molecule has 40 heavy (non-hydrogen) atoms. The summed E-state index contributed by atoms with van der Waals surface area (Å²) in [5, 5.41) is 10.1. The highest BCUT2D eigenvalue weighted by Gasteiger charge is 2.47. The van der Waals surface area contributed by atoms with Gasteiger partial charge in [0.2, 0.25) is 0 Å². The quantitative estimate of drug-likeness (QED) is 0.379. The van der Waals surface area contributed by atoms with Gasteiger partial charge in [-0.3, -0.25) is 0 Å². The van der Waals surface area contributed by atoms with Crippen molar-refractivity contribution in [1.29, 1.82) is 0 Å². The Kier molecular flexibility index (Phi) is 6.76. The Balaban J connectivity index is 1.17. The van der Waals surface area contributed by atoms with Gasteiger partial charge in [0, 0.05) is 43.2 Å². The number of amides is 1. The van der Waals surface area contributed by atoms with Gasteiger partial charge < -0.3 is 19.6 Å². The van der Waals surface area contributed by atoms with Gasteiger partial charge >= 0.3 is 6.09 Å². The number of hydrogen-bond acceptors (Lipinski definition) is 4. The van der Waals surface area contributed by atoms with Gasteiger partial charge in [-0.1, -0.05) is 36.4 Å². The number of anilines is 1. The third kappa shape index (κ3) is 5.16. The second-order valence-corrected chi connectivity index (χ2v) is 12.9. The number of carbonyl (C=O) groups excluding carboxylic acids is 1. The van der Waals surface area contributed by atoms with Crippen molar-refractivity contribution < 1.29 is 19.0 Å². The molecule has 1 aliphatic carbocycles. The molecule has 2 atom stereocenters. The summed E-state index contributed by atoms with van der Waals surface area (Å²) in [5.74, 6) is 0.180. The van der Waals surface area contributed by atoms with Crippen LogP contribution in [0.25, 0.3) is 0 Å². The number of aromatic hydroxyl groups is 1. The first-order chi connectivity index (χ1) is 19.1. The van der Waals surface area contributed by atoms with Crippen LogP contribution in [0.2, 0.25) is 0 Å². The average molecular weight is 543 g/mol. The molecule has 0 radical (unpaired) electrons. The lowest BCUT2D eigenvalue weighted by atomic mass is 9.69. The van der Waals surface area contributed by atoms with E-state index in [1.807, 2.05) is 49.9 Å². The topological polar surface area (TPSA) is 53.0 Å². The summed E-state index contributed by atoms with van der Waals surface area (Å²) in [4.78, 5) is 16.7. The predicted molar refractivity (Wildman–Crippen MR) is 156 cm³/mol. The largest absolute Gasteiger partial charge is 0.508 e. The molecule has 0 aromatic heterocycles. The zero-order valence-corrected chi connectivity index (χ0v) is 23.7. The number of hydrogen-bond donors (Lipinski definition) is 1. The summed E-state index contributed by atoms with van der Waals surface area (Å²) < 4.78 is 20.5. The SMILES string of the molecule is CC(C)(C)OC(=O)N1CC2(CCN(c3ccc(C4c5ccc(O)cc5CCC4c4ccccc4F)cc3)CC2)C1. The maximum atomic E-state index is 15.0. The second-order valence-electron chi connectivity index (χ2n) is 12.9. The molecule has 5 nitrogen and oxygen atoms in total. The van der Waals surface area contributed by atoms with Gasteiger partial charge in [0.15, 0.2) is 0 Å². The van der Waals surface area contributed by atoms with Crippen LogP contribution in [0.3, 0.4) is 0 Å². The minimum atomic E-state index is -0.466. The second kappa shape index (κ2) is 10.1. The van der Waals surface area contributed by atoms with Crippen LogP contribution in [-0.4, -0.2) is 47.9 Å². The number of likely N-dealkylation sites (tertiary alicyclic amines) is 1. The molecule has 3 aliphatic rings. The first-order valence-electron chi connectivity index (χ1n) is 14.5. The van der Waals surface area contributed by atoms with E-state index in [1.54, 1.807) is 18.2 Å². The number of rotatable bonds is 3. The molecule has 2 heterocycles. The van der Waals surface area contributed by atoms with Crippen LogP contribution in [0.5, 0.6) is 5.75 Å². The van der Waals surface area contributed by atoms with Gasteiger partial charge in [0.25, 0.3) is 0 Å². The summed E-state index contributed by atoms with van der Waals surface area (Å²) in [7, 11) is 0. The number of piperidine rings is 1. The van der Waals surface area contributed by atoms with Crippen molar-refractivity contribution in [3.05, 3.63) is 94.8 Å².